The Hall–Kier alpha value is -7.94. The largest absolute Gasteiger partial charge is 0.310 e. The van der Waals surface area contributed by atoms with Gasteiger partial charge in [-0.15, -0.1) is 0 Å². The second-order valence-corrected chi connectivity index (χ2v) is 17.3. The third kappa shape index (κ3) is 5.86. The topological polar surface area (TPSA) is 6.48 Å². The minimum absolute atomic E-state index is 0.308. The first kappa shape index (κ1) is 36.9. The number of fused-ring (bicyclic) bond motifs is 6. The van der Waals surface area contributed by atoms with E-state index in [0.29, 0.717) is 0 Å². The molecule has 0 radical (unpaired) electrons. The highest BCUT2D eigenvalue weighted by Crippen LogP contribution is 2.56. The fraction of sp³-hybridized carbons (Fsp3) is 0.0492. The van der Waals surface area contributed by atoms with Crippen LogP contribution in [0.2, 0.25) is 0 Å². The predicted molar refractivity (Wildman–Crippen MR) is 269 cm³/mol. The van der Waals surface area contributed by atoms with Crippen molar-refractivity contribution in [3.8, 4) is 22.3 Å². The Morgan fingerprint density at radius 3 is 1.43 bits per heavy atom. The third-order valence-corrected chi connectivity index (χ3v) is 13.4. The van der Waals surface area contributed by atoms with E-state index in [9.17, 15) is 0 Å². The number of para-hydroxylation sites is 2. The molecule has 2 heteroatoms. The van der Waals surface area contributed by atoms with Crippen molar-refractivity contribution in [2.45, 2.75) is 19.3 Å². The summed E-state index contributed by atoms with van der Waals surface area (Å²) in [6, 6.07) is 84.7. The van der Waals surface area contributed by atoms with Crippen molar-refractivity contribution >= 4 is 77.2 Å². The van der Waals surface area contributed by atoms with E-state index in [1.54, 1.807) is 0 Å². The number of hydrogen-bond acceptors (Lipinski definition) is 2. The minimum atomic E-state index is -0.308. The summed E-state index contributed by atoms with van der Waals surface area (Å²) < 4.78 is 0. The van der Waals surface area contributed by atoms with Crippen LogP contribution in [-0.2, 0) is 5.41 Å². The molecule has 1 aliphatic rings. The van der Waals surface area contributed by atoms with Crippen LogP contribution in [0.5, 0.6) is 0 Å². The zero-order valence-electron chi connectivity index (χ0n) is 35.3. The summed E-state index contributed by atoms with van der Waals surface area (Å²) in [5, 5.41) is 9.97. The average Bonchev–Trinajstić information content (AvgIpc) is 3.34. The standard InChI is InChI=1S/C61H44N2/c1-61(2)54-32-18-31-50-53-39-46(62(44-25-8-4-9-26-44)56-33-16-23-41-19-12-14-29-48(41)56)35-37-51(53)58(43-21-6-3-7-22-43)60(59(50)54)52-38-36-47(40-55(52)61)63(45-27-10-5-11-28-45)57-34-17-24-42-20-13-15-30-49(42)57/h3-40H,1-2H3. The number of hydrogen-bond donors (Lipinski definition) is 0. The summed E-state index contributed by atoms with van der Waals surface area (Å²) in [4.78, 5) is 4.86. The van der Waals surface area contributed by atoms with Crippen LogP contribution < -0.4 is 9.80 Å². The summed E-state index contributed by atoms with van der Waals surface area (Å²) >= 11 is 0. The van der Waals surface area contributed by atoms with Gasteiger partial charge in [0.2, 0.25) is 0 Å². The lowest BCUT2D eigenvalue weighted by Gasteiger charge is -2.38. The maximum Gasteiger partial charge on any atom is 0.0540 e. The van der Waals surface area contributed by atoms with Gasteiger partial charge in [0, 0.05) is 38.9 Å². The van der Waals surface area contributed by atoms with Gasteiger partial charge in [-0.2, -0.15) is 0 Å². The van der Waals surface area contributed by atoms with Gasteiger partial charge in [0.05, 0.1) is 11.4 Å². The molecule has 11 aromatic rings. The highest BCUT2D eigenvalue weighted by molar-refractivity contribution is 6.24. The zero-order chi connectivity index (χ0) is 42.1. The van der Waals surface area contributed by atoms with Crippen molar-refractivity contribution in [1.29, 1.82) is 0 Å². The lowest BCUT2D eigenvalue weighted by atomic mass is 9.66. The van der Waals surface area contributed by atoms with Crippen molar-refractivity contribution in [3.05, 3.63) is 242 Å². The number of benzene rings is 11. The van der Waals surface area contributed by atoms with Crippen LogP contribution in [0.4, 0.5) is 34.1 Å². The van der Waals surface area contributed by atoms with Gasteiger partial charge >= 0.3 is 0 Å². The van der Waals surface area contributed by atoms with Gasteiger partial charge in [0.1, 0.15) is 0 Å². The third-order valence-electron chi connectivity index (χ3n) is 13.4. The van der Waals surface area contributed by atoms with Crippen molar-refractivity contribution in [1.82, 2.24) is 0 Å². The summed E-state index contributed by atoms with van der Waals surface area (Å²) in [7, 11) is 0. The Bertz CT molecular complexity index is 3530. The SMILES string of the molecule is CC1(C)c2cc(N(c3ccccc3)c3cccc4ccccc34)ccc2-c2c(-c3ccccc3)c3ccc(N(c4ccccc4)c4cccc5ccccc45)cc3c3cccc1c23. The van der Waals surface area contributed by atoms with Crippen LogP contribution in [0.25, 0.3) is 65.3 Å². The fourth-order valence-corrected chi connectivity index (χ4v) is 10.5. The number of anilines is 6. The molecule has 11 aromatic carbocycles. The normalized spacial score (nSPS) is 12.7. The Morgan fingerprint density at radius 2 is 0.810 bits per heavy atom. The average molecular weight is 805 g/mol. The highest BCUT2D eigenvalue weighted by atomic mass is 15.1. The van der Waals surface area contributed by atoms with Crippen LogP contribution in [0.1, 0.15) is 25.0 Å². The van der Waals surface area contributed by atoms with Crippen LogP contribution in [-0.4, -0.2) is 0 Å². The molecule has 12 rings (SSSR count). The monoisotopic (exact) mass is 804 g/mol. The molecule has 0 spiro atoms. The van der Waals surface area contributed by atoms with Gasteiger partial charge in [-0.25, -0.2) is 0 Å². The summed E-state index contributed by atoms with van der Waals surface area (Å²) in [6.07, 6.45) is 0. The van der Waals surface area contributed by atoms with Gasteiger partial charge < -0.3 is 9.80 Å². The Kier molecular flexibility index (Phi) is 8.55. The first-order valence-electron chi connectivity index (χ1n) is 21.9. The molecule has 298 valence electrons. The van der Waals surface area contributed by atoms with Gasteiger partial charge in [-0.1, -0.05) is 184 Å². The van der Waals surface area contributed by atoms with Gasteiger partial charge in [0.15, 0.2) is 0 Å². The quantitative estimate of drug-likeness (QED) is 0.148. The van der Waals surface area contributed by atoms with E-state index in [1.165, 1.54) is 76.5 Å². The van der Waals surface area contributed by atoms with E-state index in [4.69, 9.17) is 0 Å². The molecular weight excluding hydrogens is 761 g/mol. The van der Waals surface area contributed by atoms with Crippen LogP contribution >= 0.6 is 0 Å². The van der Waals surface area contributed by atoms with Crippen LogP contribution in [0.3, 0.4) is 0 Å². The molecule has 0 aliphatic heterocycles. The second kappa shape index (κ2) is 14.6. The molecule has 0 fully saturated rings. The summed E-state index contributed by atoms with van der Waals surface area (Å²) in [5.74, 6) is 0. The Labute approximate surface area is 368 Å². The van der Waals surface area contributed by atoms with Gasteiger partial charge in [-0.05, 0) is 126 Å². The molecule has 0 bridgehead atoms. The minimum Gasteiger partial charge on any atom is -0.310 e. The number of nitrogens with zero attached hydrogens (tertiary/aromatic N) is 2. The highest BCUT2D eigenvalue weighted by Gasteiger charge is 2.37. The molecule has 2 nitrogen and oxygen atoms in total. The van der Waals surface area contributed by atoms with E-state index in [2.05, 4.69) is 254 Å². The van der Waals surface area contributed by atoms with Crippen LogP contribution in [0, 0.1) is 0 Å². The zero-order valence-corrected chi connectivity index (χ0v) is 35.3. The first-order valence-corrected chi connectivity index (χ1v) is 21.9. The maximum atomic E-state index is 2.47. The van der Waals surface area contributed by atoms with E-state index in [-0.39, 0.29) is 5.41 Å². The molecule has 0 aromatic heterocycles. The molecule has 0 N–H and O–H groups in total. The van der Waals surface area contributed by atoms with Gasteiger partial charge in [-0.3, -0.25) is 0 Å². The van der Waals surface area contributed by atoms with Crippen molar-refractivity contribution in [2.75, 3.05) is 9.80 Å². The first-order chi connectivity index (χ1) is 31.0. The van der Waals surface area contributed by atoms with Crippen molar-refractivity contribution in [2.24, 2.45) is 0 Å². The van der Waals surface area contributed by atoms with Crippen molar-refractivity contribution < 1.29 is 0 Å². The molecule has 0 atom stereocenters. The summed E-state index contributed by atoms with van der Waals surface area (Å²) in [5.41, 5.74) is 14.3. The smallest absolute Gasteiger partial charge is 0.0540 e. The molecule has 0 amide bonds. The molecule has 0 heterocycles. The lowest BCUT2D eigenvalue weighted by Crippen LogP contribution is -2.24. The molecule has 0 unspecified atom stereocenters. The van der Waals surface area contributed by atoms with E-state index in [0.717, 1.165) is 34.1 Å². The van der Waals surface area contributed by atoms with Crippen LogP contribution in [0.15, 0.2) is 231 Å². The second-order valence-electron chi connectivity index (χ2n) is 17.3. The molecular formula is C61H44N2. The lowest BCUT2D eigenvalue weighted by molar-refractivity contribution is 0.645. The number of rotatable bonds is 7. The predicted octanol–water partition coefficient (Wildman–Crippen LogP) is 17.2. The van der Waals surface area contributed by atoms with Gasteiger partial charge in [0.25, 0.3) is 0 Å². The van der Waals surface area contributed by atoms with E-state index >= 15 is 0 Å². The molecule has 1 aliphatic carbocycles. The Balaban J connectivity index is 1.13. The molecule has 0 saturated heterocycles. The van der Waals surface area contributed by atoms with E-state index in [1.807, 2.05) is 0 Å². The molecule has 63 heavy (non-hydrogen) atoms. The molecule has 0 saturated carbocycles. The summed E-state index contributed by atoms with van der Waals surface area (Å²) in [6.45, 7) is 4.83. The maximum absolute atomic E-state index is 2.47. The van der Waals surface area contributed by atoms with E-state index < -0.39 is 0 Å². The Morgan fingerprint density at radius 1 is 0.317 bits per heavy atom. The van der Waals surface area contributed by atoms with Crippen molar-refractivity contribution in [3.63, 3.8) is 0 Å². The fourth-order valence-electron chi connectivity index (χ4n) is 10.5.